The molecule has 18 heavy (non-hydrogen) atoms. The Morgan fingerprint density at radius 1 is 1.33 bits per heavy atom. The highest BCUT2D eigenvalue weighted by molar-refractivity contribution is 5.03. The highest BCUT2D eigenvalue weighted by Crippen LogP contribution is 2.35. The predicted octanol–water partition coefficient (Wildman–Crippen LogP) is 3.08. The van der Waals surface area contributed by atoms with Gasteiger partial charge in [0.25, 0.3) is 0 Å². The molecule has 1 saturated carbocycles. The minimum absolute atomic E-state index is 0.579. The molecule has 0 aliphatic heterocycles. The third-order valence-electron chi connectivity index (χ3n) is 4.14. The lowest BCUT2D eigenvalue weighted by Gasteiger charge is -2.26. The van der Waals surface area contributed by atoms with E-state index in [0.29, 0.717) is 12.0 Å². The maximum atomic E-state index is 4.59. The molecular weight excluding hydrogens is 222 g/mol. The van der Waals surface area contributed by atoms with Gasteiger partial charge in [0.1, 0.15) is 5.82 Å². The average molecular weight is 249 g/mol. The highest BCUT2D eigenvalue weighted by Gasteiger charge is 2.27. The third kappa shape index (κ3) is 3.35. The van der Waals surface area contributed by atoms with E-state index in [1.807, 2.05) is 6.20 Å². The normalized spacial score (nSPS) is 25.3. The average Bonchev–Trinajstić information content (AvgIpc) is 2.63. The number of nitrogens with one attached hydrogen (secondary N) is 1. The van der Waals surface area contributed by atoms with Gasteiger partial charge in [-0.1, -0.05) is 33.1 Å². The molecule has 1 aromatic rings. The van der Waals surface area contributed by atoms with Gasteiger partial charge in [0.15, 0.2) is 0 Å². The van der Waals surface area contributed by atoms with Gasteiger partial charge >= 0.3 is 0 Å². The van der Waals surface area contributed by atoms with E-state index in [9.17, 15) is 0 Å². The fraction of sp³-hybridized carbons (Fsp3) is 0.800. The standard InChI is InChI=1S/C15H27N3/c1-12(2)17-11-13-7-5-4-6-8-14(13)15-16-9-10-18(15)3/h9-10,12-14,17H,4-8,11H2,1-3H3. The Kier molecular flexibility index (Phi) is 4.81. The summed E-state index contributed by atoms with van der Waals surface area (Å²) >= 11 is 0. The number of hydrogen-bond acceptors (Lipinski definition) is 2. The van der Waals surface area contributed by atoms with E-state index < -0.39 is 0 Å². The lowest BCUT2D eigenvalue weighted by Crippen LogP contribution is -2.32. The van der Waals surface area contributed by atoms with Gasteiger partial charge in [0, 0.05) is 31.4 Å². The van der Waals surface area contributed by atoms with Crippen molar-refractivity contribution >= 4 is 0 Å². The molecule has 0 saturated heterocycles. The van der Waals surface area contributed by atoms with Crippen molar-refractivity contribution in [1.82, 2.24) is 14.9 Å². The van der Waals surface area contributed by atoms with Gasteiger partial charge in [-0.05, 0) is 25.3 Å². The number of nitrogens with zero attached hydrogens (tertiary/aromatic N) is 2. The second kappa shape index (κ2) is 6.37. The summed E-state index contributed by atoms with van der Waals surface area (Å²) in [7, 11) is 2.13. The van der Waals surface area contributed by atoms with Crippen molar-refractivity contribution < 1.29 is 0 Å². The first kappa shape index (κ1) is 13.6. The zero-order valence-electron chi connectivity index (χ0n) is 12.0. The molecular formula is C15H27N3. The van der Waals surface area contributed by atoms with Crippen LogP contribution in [0.4, 0.5) is 0 Å². The van der Waals surface area contributed by atoms with Crippen molar-refractivity contribution in [1.29, 1.82) is 0 Å². The molecule has 2 unspecified atom stereocenters. The van der Waals surface area contributed by atoms with E-state index in [1.165, 1.54) is 37.9 Å². The molecule has 1 N–H and O–H groups in total. The minimum atomic E-state index is 0.579. The summed E-state index contributed by atoms with van der Waals surface area (Å²) < 4.78 is 2.21. The molecule has 2 rings (SSSR count). The molecule has 0 spiro atoms. The monoisotopic (exact) mass is 249 g/mol. The van der Waals surface area contributed by atoms with Gasteiger partial charge < -0.3 is 9.88 Å². The lowest BCUT2D eigenvalue weighted by atomic mass is 9.87. The molecule has 2 atom stereocenters. The molecule has 1 aliphatic carbocycles. The van der Waals surface area contributed by atoms with Gasteiger partial charge in [0.05, 0.1) is 0 Å². The number of rotatable bonds is 4. The van der Waals surface area contributed by atoms with Crippen LogP contribution in [0.5, 0.6) is 0 Å². The zero-order valence-corrected chi connectivity index (χ0v) is 12.0. The molecule has 0 radical (unpaired) electrons. The van der Waals surface area contributed by atoms with Crippen LogP contribution in [0.15, 0.2) is 12.4 Å². The van der Waals surface area contributed by atoms with Crippen LogP contribution in [-0.4, -0.2) is 22.1 Å². The van der Waals surface area contributed by atoms with Gasteiger partial charge in [-0.3, -0.25) is 0 Å². The number of aromatic nitrogens is 2. The van der Waals surface area contributed by atoms with E-state index in [1.54, 1.807) is 0 Å². The SMILES string of the molecule is CC(C)NCC1CCCCCC1c1nccn1C. The Morgan fingerprint density at radius 2 is 2.11 bits per heavy atom. The first-order valence-electron chi connectivity index (χ1n) is 7.39. The summed E-state index contributed by atoms with van der Waals surface area (Å²) in [5, 5.41) is 3.62. The van der Waals surface area contributed by atoms with Crippen LogP contribution >= 0.6 is 0 Å². The molecule has 102 valence electrons. The molecule has 0 bridgehead atoms. The summed E-state index contributed by atoms with van der Waals surface area (Å²) in [6, 6.07) is 0.579. The van der Waals surface area contributed by atoms with Gasteiger partial charge in [-0.25, -0.2) is 4.98 Å². The van der Waals surface area contributed by atoms with E-state index in [2.05, 4.69) is 42.0 Å². The molecule has 0 amide bonds. The van der Waals surface area contributed by atoms with E-state index >= 15 is 0 Å². The number of hydrogen-bond donors (Lipinski definition) is 1. The topological polar surface area (TPSA) is 29.9 Å². The third-order valence-corrected chi connectivity index (χ3v) is 4.14. The molecule has 3 heteroatoms. The summed E-state index contributed by atoms with van der Waals surface area (Å²) in [6.07, 6.45) is 10.8. The number of aryl methyl sites for hydroxylation is 1. The molecule has 3 nitrogen and oxygen atoms in total. The van der Waals surface area contributed by atoms with Crippen molar-refractivity contribution in [3.8, 4) is 0 Å². The lowest BCUT2D eigenvalue weighted by molar-refractivity contribution is 0.348. The minimum Gasteiger partial charge on any atom is -0.338 e. The first-order valence-corrected chi connectivity index (χ1v) is 7.39. The maximum Gasteiger partial charge on any atom is 0.111 e. The van der Waals surface area contributed by atoms with Crippen LogP contribution in [0, 0.1) is 5.92 Å². The van der Waals surface area contributed by atoms with Crippen LogP contribution in [0.25, 0.3) is 0 Å². The van der Waals surface area contributed by atoms with E-state index in [0.717, 1.165) is 12.5 Å². The zero-order chi connectivity index (χ0) is 13.0. The first-order chi connectivity index (χ1) is 8.68. The van der Waals surface area contributed by atoms with Gasteiger partial charge in [0.2, 0.25) is 0 Å². The number of imidazole rings is 1. The largest absolute Gasteiger partial charge is 0.338 e. The van der Waals surface area contributed by atoms with Crippen molar-refractivity contribution in [2.45, 2.75) is 57.9 Å². The van der Waals surface area contributed by atoms with Gasteiger partial charge in [-0.2, -0.15) is 0 Å². The summed E-state index contributed by atoms with van der Waals surface area (Å²) in [6.45, 7) is 5.59. The smallest absolute Gasteiger partial charge is 0.111 e. The molecule has 1 fully saturated rings. The quantitative estimate of drug-likeness (QED) is 0.831. The summed E-state index contributed by atoms with van der Waals surface area (Å²) in [5.41, 5.74) is 0. The maximum absolute atomic E-state index is 4.59. The molecule has 1 heterocycles. The van der Waals surface area contributed by atoms with E-state index in [4.69, 9.17) is 0 Å². The Labute approximate surface area is 111 Å². The Bertz CT molecular complexity index is 356. The van der Waals surface area contributed by atoms with Crippen molar-refractivity contribution in [3.05, 3.63) is 18.2 Å². The van der Waals surface area contributed by atoms with Crippen molar-refractivity contribution in [3.63, 3.8) is 0 Å². The second-order valence-corrected chi connectivity index (χ2v) is 5.96. The fourth-order valence-electron chi connectivity index (χ4n) is 3.09. The van der Waals surface area contributed by atoms with Crippen LogP contribution in [-0.2, 0) is 7.05 Å². The molecule has 0 aromatic carbocycles. The summed E-state index contributed by atoms with van der Waals surface area (Å²) in [4.78, 5) is 4.59. The predicted molar refractivity (Wildman–Crippen MR) is 75.7 cm³/mol. The Balaban J connectivity index is 2.09. The van der Waals surface area contributed by atoms with Crippen LogP contribution < -0.4 is 5.32 Å². The van der Waals surface area contributed by atoms with Gasteiger partial charge in [-0.15, -0.1) is 0 Å². The Morgan fingerprint density at radius 3 is 2.78 bits per heavy atom. The van der Waals surface area contributed by atoms with Crippen LogP contribution in [0.3, 0.4) is 0 Å². The molecule has 1 aliphatic rings. The Hall–Kier alpha value is -0.830. The molecule has 1 aromatic heterocycles. The second-order valence-electron chi connectivity index (χ2n) is 5.96. The van der Waals surface area contributed by atoms with Crippen molar-refractivity contribution in [2.75, 3.05) is 6.54 Å². The fourth-order valence-corrected chi connectivity index (χ4v) is 3.09. The highest BCUT2D eigenvalue weighted by atomic mass is 15.0. The van der Waals surface area contributed by atoms with E-state index in [-0.39, 0.29) is 0 Å². The van der Waals surface area contributed by atoms with Crippen LogP contribution in [0.1, 0.15) is 57.7 Å². The van der Waals surface area contributed by atoms with Crippen molar-refractivity contribution in [2.24, 2.45) is 13.0 Å². The van der Waals surface area contributed by atoms with Crippen LogP contribution in [0.2, 0.25) is 0 Å². The summed E-state index contributed by atoms with van der Waals surface area (Å²) in [5.74, 6) is 2.67.